The first-order chi connectivity index (χ1) is 8.40. The van der Waals surface area contributed by atoms with E-state index in [1.165, 1.54) is 5.56 Å². The normalized spacial score (nSPS) is 13.6. The lowest BCUT2D eigenvalue weighted by molar-refractivity contribution is -0.136. The van der Waals surface area contributed by atoms with Crippen LogP contribution in [0.2, 0.25) is 0 Å². The zero-order valence-electron chi connectivity index (χ0n) is 10.6. The molecule has 18 heavy (non-hydrogen) atoms. The van der Waals surface area contributed by atoms with Crippen molar-refractivity contribution >= 4 is 11.8 Å². The molecule has 0 aliphatic heterocycles. The van der Waals surface area contributed by atoms with Gasteiger partial charge in [-0.15, -0.1) is 11.8 Å². The molecule has 0 aliphatic carbocycles. The summed E-state index contributed by atoms with van der Waals surface area (Å²) in [6.45, 7) is 2.01. The maximum atomic E-state index is 12.1. The minimum absolute atomic E-state index is 0.113. The van der Waals surface area contributed by atoms with Crippen LogP contribution in [0.5, 0.6) is 0 Å². The SMILES string of the molecule is CNC(CCC(F)(F)F)CSc1ccc(C)cc1. The molecule has 1 N–H and O–H groups in total. The van der Waals surface area contributed by atoms with Crippen molar-refractivity contribution < 1.29 is 13.2 Å². The second kappa shape index (κ2) is 7.04. The lowest BCUT2D eigenvalue weighted by atomic mass is 10.2. The molecule has 1 nitrogen and oxygen atoms in total. The van der Waals surface area contributed by atoms with Crippen LogP contribution >= 0.6 is 11.8 Å². The van der Waals surface area contributed by atoms with Crippen molar-refractivity contribution in [3.8, 4) is 0 Å². The summed E-state index contributed by atoms with van der Waals surface area (Å²) < 4.78 is 36.4. The molecule has 1 unspecified atom stereocenters. The van der Waals surface area contributed by atoms with Crippen LogP contribution in [0.3, 0.4) is 0 Å². The number of nitrogens with one attached hydrogen (secondary N) is 1. The maximum Gasteiger partial charge on any atom is 0.389 e. The fourth-order valence-corrected chi connectivity index (χ4v) is 2.54. The van der Waals surface area contributed by atoms with Crippen LogP contribution in [0, 0.1) is 6.92 Å². The predicted octanol–water partition coefficient (Wildman–Crippen LogP) is 4.02. The van der Waals surface area contributed by atoms with E-state index in [-0.39, 0.29) is 12.5 Å². The highest BCUT2D eigenvalue weighted by Crippen LogP contribution is 2.25. The molecule has 5 heteroatoms. The van der Waals surface area contributed by atoms with Gasteiger partial charge in [-0.2, -0.15) is 13.2 Å². The Bertz CT molecular complexity index is 348. The lowest BCUT2D eigenvalue weighted by Crippen LogP contribution is -2.29. The second-order valence-corrected chi connectivity index (χ2v) is 5.36. The van der Waals surface area contributed by atoms with Crippen molar-refractivity contribution in [1.29, 1.82) is 0 Å². The van der Waals surface area contributed by atoms with Crippen molar-refractivity contribution in [3.05, 3.63) is 29.8 Å². The zero-order valence-corrected chi connectivity index (χ0v) is 11.4. The van der Waals surface area contributed by atoms with Crippen molar-refractivity contribution in [2.24, 2.45) is 0 Å². The van der Waals surface area contributed by atoms with E-state index in [9.17, 15) is 13.2 Å². The standard InChI is InChI=1S/C13H18F3NS/c1-10-3-5-12(6-4-10)18-9-11(17-2)7-8-13(14,15)16/h3-6,11,17H,7-9H2,1-2H3. The smallest absolute Gasteiger partial charge is 0.316 e. The van der Waals surface area contributed by atoms with Gasteiger partial charge < -0.3 is 5.32 Å². The molecule has 0 radical (unpaired) electrons. The van der Waals surface area contributed by atoms with Gasteiger partial charge >= 0.3 is 6.18 Å². The topological polar surface area (TPSA) is 12.0 Å². The van der Waals surface area contributed by atoms with Crippen molar-refractivity contribution in [2.75, 3.05) is 12.8 Å². The molecule has 0 saturated carbocycles. The predicted molar refractivity (Wildman–Crippen MR) is 70.0 cm³/mol. The summed E-state index contributed by atoms with van der Waals surface area (Å²) in [6, 6.07) is 7.89. The van der Waals surface area contributed by atoms with E-state index >= 15 is 0 Å². The maximum absolute atomic E-state index is 12.1. The molecule has 0 saturated heterocycles. The Kier molecular flexibility index (Phi) is 6.02. The van der Waals surface area contributed by atoms with Crippen molar-refractivity contribution in [1.82, 2.24) is 5.32 Å². The van der Waals surface area contributed by atoms with Crippen LogP contribution in [-0.4, -0.2) is 25.0 Å². The molecule has 0 heterocycles. The molecule has 0 fully saturated rings. The zero-order chi connectivity index (χ0) is 13.6. The first-order valence-electron chi connectivity index (χ1n) is 5.84. The highest BCUT2D eigenvalue weighted by Gasteiger charge is 2.27. The second-order valence-electron chi connectivity index (χ2n) is 4.26. The Balaban J connectivity index is 2.37. The van der Waals surface area contributed by atoms with E-state index in [0.717, 1.165) is 4.90 Å². The van der Waals surface area contributed by atoms with Crippen molar-refractivity contribution in [2.45, 2.75) is 36.9 Å². The molecular formula is C13H18F3NS. The van der Waals surface area contributed by atoms with Gasteiger partial charge in [-0.1, -0.05) is 17.7 Å². The van der Waals surface area contributed by atoms with E-state index in [1.54, 1.807) is 18.8 Å². The summed E-state index contributed by atoms with van der Waals surface area (Å²) in [4.78, 5) is 1.09. The van der Waals surface area contributed by atoms with Crippen LogP contribution in [0.15, 0.2) is 29.2 Å². The highest BCUT2D eigenvalue weighted by molar-refractivity contribution is 7.99. The number of alkyl halides is 3. The molecule has 1 atom stereocenters. The van der Waals surface area contributed by atoms with Gasteiger partial charge in [0.2, 0.25) is 0 Å². The van der Waals surface area contributed by atoms with Crippen molar-refractivity contribution in [3.63, 3.8) is 0 Å². The van der Waals surface area contributed by atoms with Gasteiger partial charge in [0.05, 0.1) is 0 Å². The third kappa shape index (κ3) is 6.31. The number of hydrogen-bond acceptors (Lipinski definition) is 2. The fraction of sp³-hybridized carbons (Fsp3) is 0.538. The summed E-state index contributed by atoms with van der Waals surface area (Å²) in [5.41, 5.74) is 1.18. The molecular weight excluding hydrogens is 259 g/mol. The quantitative estimate of drug-likeness (QED) is 0.788. The summed E-state index contributed by atoms with van der Waals surface area (Å²) in [5.74, 6) is 0.648. The summed E-state index contributed by atoms with van der Waals surface area (Å²) in [5, 5.41) is 2.94. The molecule has 0 bridgehead atoms. The van der Waals surface area contributed by atoms with E-state index in [0.29, 0.717) is 5.75 Å². The van der Waals surface area contributed by atoms with Crippen LogP contribution in [0.4, 0.5) is 13.2 Å². The monoisotopic (exact) mass is 277 g/mol. The van der Waals surface area contributed by atoms with Gasteiger partial charge in [-0.3, -0.25) is 0 Å². The van der Waals surface area contributed by atoms with Gasteiger partial charge in [-0.25, -0.2) is 0 Å². The Morgan fingerprint density at radius 1 is 1.22 bits per heavy atom. The Hall–Kier alpha value is -0.680. The molecule has 0 aromatic heterocycles. The molecule has 0 spiro atoms. The lowest BCUT2D eigenvalue weighted by Gasteiger charge is -2.16. The molecule has 0 aliphatic rings. The first-order valence-corrected chi connectivity index (χ1v) is 6.83. The highest BCUT2D eigenvalue weighted by atomic mass is 32.2. The number of thioether (sulfide) groups is 1. The minimum atomic E-state index is -4.07. The summed E-state index contributed by atoms with van der Waals surface area (Å²) >= 11 is 1.58. The number of benzene rings is 1. The Morgan fingerprint density at radius 2 is 1.83 bits per heavy atom. The summed E-state index contributed by atoms with van der Waals surface area (Å²) in [7, 11) is 1.71. The van der Waals surface area contributed by atoms with Crippen LogP contribution < -0.4 is 5.32 Å². The van der Waals surface area contributed by atoms with Crippen LogP contribution in [-0.2, 0) is 0 Å². The van der Waals surface area contributed by atoms with Gasteiger partial charge in [0.25, 0.3) is 0 Å². The number of rotatable bonds is 6. The van der Waals surface area contributed by atoms with E-state index in [1.807, 2.05) is 31.2 Å². The molecule has 102 valence electrons. The molecule has 0 amide bonds. The number of hydrogen-bond donors (Lipinski definition) is 1. The van der Waals surface area contributed by atoms with Gasteiger partial charge in [0.1, 0.15) is 0 Å². The van der Waals surface area contributed by atoms with Gasteiger partial charge in [-0.05, 0) is 32.5 Å². The third-order valence-electron chi connectivity index (χ3n) is 2.66. The number of halogens is 3. The number of aryl methyl sites for hydroxylation is 1. The first kappa shape index (κ1) is 15.4. The van der Waals surface area contributed by atoms with Crippen LogP contribution in [0.1, 0.15) is 18.4 Å². The fourth-order valence-electron chi connectivity index (χ4n) is 1.48. The average molecular weight is 277 g/mol. The molecule has 1 aromatic carbocycles. The van der Waals surface area contributed by atoms with E-state index in [4.69, 9.17) is 0 Å². The van der Waals surface area contributed by atoms with Gasteiger partial charge in [0, 0.05) is 23.1 Å². The molecule has 1 rings (SSSR count). The van der Waals surface area contributed by atoms with Crippen LogP contribution in [0.25, 0.3) is 0 Å². The largest absolute Gasteiger partial charge is 0.389 e. The minimum Gasteiger partial charge on any atom is -0.316 e. The summed E-state index contributed by atoms with van der Waals surface area (Å²) in [6.07, 6.45) is -4.67. The Labute approximate surface area is 110 Å². The third-order valence-corrected chi connectivity index (χ3v) is 3.83. The van der Waals surface area contributed by atoms with E-state index < -0.39 is 12.6 Å². The Morgan fingerprint density at radius 3 is 2.33 bits per heavy atom. The molecule has 1 aromatic rings. The average Bonchev–Trinajstić information content (AvgIpc) is 2.30. The van der Waals surface area contributed by atoms with Gasteiger partial charge in [0.15, 0.2) is 0 Å². The van der Waals surface area contributed by atoms with E-state index in [2.05, 4.69) is 5.32 Å².